The number of anilines is 1. The van der Waals surface area contributed by atoms with Crippen LogP contribution < -0.4 is 14.8 Å². The summed E-state index contributed by atoms with van der Waals surface area (Å²) in [5, 5.41) is 12.0. The van der Waals surface area contributed by atoms with E-state index in [1.807, 2.05) is 13.0 Å². The first-order valence-electron chi connectivity index (χ1n) is 8.33. The number of nitrogens with zero attached hydrogens (tertiary/aromatic N) is 1. The lowest BCUT2D eigenvalue weighted by molar-refractivity contribution is -0.112. The highest BCUT2D eigenvalue weighted by molar-refractivity contribution is 6.10. The quantitative estimate of drug-likeness (QED) is 0.458. The third-order valence-corrected chi connectivity index (χ3v) is 3.69. The molecule has 2 rings (SSSR count). The van der Waals surface area contributed by atoms with Crippen LogP contribution in [-0.4, -0.2) is 25.4 Å². The summed E-state index contributed by atoms with van der Waals surface area (Å²) >= 11 is 0. The van der Waals surface area contributed by atoms with Gasteiger partial charge >= 0.3 is 0 Å². The lowest BCUT2D eigenvalue weighted by Crippen LogP contribution is -2.13. The molecular weight excluding hydrogens is 344 g/mol. The van der Waals surface area contributed by atoms with E-state index in [1.165, 1.54) is 20.1 Å². The molecule has 6 heteroatoms. The van der Waals surface area contributed by atoms with Crippen LogP contribution in [0.5, 0.6) is 11.5 Å². The van der Waals surface area contributed by atoms with Gasteiger partial charge in [0.25, 0.3) is 5.91 Å². The lowest BCUT2D eigenvalue weighted by atomic mass is 10.1. The third-order valence-electron chi connectivity index (χ3n) is 3.69. The predicted octanol–water partition coefficient (Wildman–Crippen LogP) is 3.84. The number of nitrogens with one attached hydrogen (secondary N) is 1. The summed E-state index contributed by atoms with van der Waals surface area (Å²) in [6.07, 6.45) is 1.46. The zero-order valence-corrected chi connectivity index (χ0v) is 15.4. The van der Waals surface area contributed by atoms with Crippen molar-refractivity contribution in [3.8, 4) is 17.6 Å². The molecule has 0 bridgehead atoms. The van der Waals surface area contributed by atoms with E-state index in [-0.39, 0.29) is 11.4 Å². The number of carbonyl (C=O) groups excluding carboxylic acids is 2. The Morgan fingerprint density at radius 3 is 2.59 bits per heavy atom. The van der Waals surface area contributed by atoms with E-state index >= 15 is 0 Å². The highest BCUT2D eigenvalue weighted by Gasteiger charge is 2.12. The van der Waals surface area contributed by atoms with Gasteiger partial charge in [0.05, 0.1) is 13.7 Å². The molecule has 0 radical (unpaired) electrons. The van der Waals surface area contributed by atoms with Crippen molar-refractivity contribution in [3.63, 3.8) is 0 Å². The second kappa shape index (κ2) is 9.20. The average Bonchev–Trinajstić information content (AvgIpc) is 2.67. The zero-order valence-electron chi connectivity index (χ0n) is 15.4. The largest absolute Gasteiger partial charge is 0.493 e. The van der Waals surface area contributed by atoms with Gasteiger partial charge in [-0.15, -0.1) is 0 Å². The van der Waals surface area contributed by atoms with Gasteiger partial charge in [0.1, 0.15) is 11.6 Å². The fraction of sp³-hybridized carbons (Fsp3) is 0.190. The molecule has 0 atom stereocenters. The van der Waals surface area contributed by atoms with E-state index in [9.17, 15) is 14.9 Å². The molecule has 0 aliphatic rings. The predicted molar refractivity (Wildman–Crippen MR) is 103 cm³/mol. The van der Waals surface area contributed by atoms with Crippen LogP contribution in [0.25, 0.3) is 6.08 Å². The number of hydrogen-bond acceptors (Lipinski definition) is 5. The van der Waals surface area contributed by atoms with Gasteiger partial charge in [-0.25, -0.2) is 0 Å². The molecule has 0 aliphatic carbocycles. The van der Waals surface area contributed by atoms with Gasteiger partial charge in [-0.3, -0.25) is 9.59 Å². The van der Waals surface area contributed by atoms with Crippen LogP contribution in [0.4, 0.5) is 5.69 Å². The maximum absolute atomic E-state index is 12.4. The third kappa shape index (κ3) is 5.19. The number of nitriles is 1. The number of benzene rings is 2. The monoisotopic (exact) mass is 364 g/mol. The van der Waals surface area contributed by atoms with Gasteiger partial charge in [-0.05, 0) is 49.8 Å². The van der Waals surface area contributed by atoms with Crippen molar-refractivity contribution in [3.05, 3.63) is 59.2 Å². The summed E-state index contributed by atoms with van der Waals surface area (Å²) in [6.45, 7) is 3.81. The number of ether oxygens (including phenoxy) is 2. The Labute approximate surface area is 158 Å². The van der Waals surface area contributed by atoms with E-state index in [2.05, 4.69) is 5.32 Å². The van der Waals surface area contributed by atoms with Gasteiger partial charge in [0, 0.05) is 11.3 Å². The first kappa shape index (κ1) is 19.7. The highest BCUT2D eigenvalue weighted by atomic mass is 16.5. The van der Waals surface area contributed by atoms with Crippen molar-refractivity contribution in [2.24, 2.45) is 0 Å². The smallest absolute Gasteiger partial charge is 0.266 e. The second-order valence-electron chi connectivity index (χ2n) is 5.60. The molecule has 6 nitrogen and oxygen atoms in total. The Morgan fingerprint density at radius 2 is 1.96 bits per heavy atom. The second-order valence-corrected chi connectivity index (χ2v) is 5.60. The molecule has 0 heterocycles. The van der Waals surface area contributed by atoms with Crippen molar-refractivity contribution in [2.45, 2.75) is 13.8 Å². The molecule has 0 saturated heterocycles. The summed E-state index contributed by atoms with van der Waals surface area (Å²) in [5.41, 5.74) is 1.47. The van der Waals surface area contributed by atoms with Crippen LogP contribution in [-0.2, 0) is 4.79 Å². The first-order valence-corrected chi connectivity index (χ1v) is 8.33. The molecule has 138 valence electrons. The summed E-state index contributed by atoms with van der Waals surface area (Å²) in [5.74, 6) is 0.424. The van der Waals surface area contributed by atoms with Gasteiger partial charge in [0.15, 0.2) is 17.3 Å². The molecule has 2 aromatic carbocycles. The maximum Gasteiger partial charge on any atom is 0.266 e. The van der Waals surface area contributed by atoms with E-state index < -0.39 is 5.91 Å². The van der Waals surface area contributed by atoms with Crippen molar-refractivity contribution in [1.82, 2.24) is 0 Å². The van der Waals surface area contributed by atoms with Crippen molar-refractivity contribution in [1.29, 1.82) is 5.26 Å². The summed E-state index contributed by atoms with van der Waals surface area (Å²) < 4.78 is 10.7. The molecule has 0 aliphatic heterocycles. The fourth-order valence-corrected chi connectivity index (χ4v) is 2.38. The minimum absolute atomic E-state index is 0.0746. The molecule has 2 aromatic rings. The summed E-state index contributed by atoms with van der Waals surface area (Å²) in [4.78, 5) is 23.9. The summed E-state index contributed by atoms with van der Waals surface area (Å²) in [7, 11) is 1.52. The molecule has 0 spiro atoms. The Morgan fingerprint density at radius 1 is 1.19 bits per heavy atom. The Bertz CT molecular complexity index is 926. The first-order chi connectivity index (χ1) is 13.0. The van der Waals surface area contributed by atoms with Gasteiger partial charge < -0.3 is 14.8 Å². The molecule has 0 unspecified atom stereocenters. The van der Waals surface area contributed by atoms with Crippen LogP contribution in [0.3, 0.4) is 0 Å². The summed E-state index contributed by atoms with van der Waals surface area (Å²) in [6, 6.07) is 13.6. The van der Waals surface area contributed by atoms with Gasteiger partial charge in [-0.2, -0.15) is 5.26 Å². The van der Waals surface area contributed by atoms with Crippen molar-refractivity contribution in [2.75, 3.05) is 19.0 Å². The number of hydrogen-bond donors (Lipinski definition) is 1. The van der Waals surface area contributed by atoms with Crippen molar-refractivity contribution >= 4 is 23.5 Å². The minimum atomic E-state index is -0.564. The van der Waals surface area contributed by atoms with E-state index in [0.717, 1.165) is 0 Å². The van der Waals surface area contributed by atoms with Crippen LogP contribution in [0.15, 0.2) is 48.0 Å². The van der Waals surface area contributed by atoms with E-state index in [4.69, 9.17) is 9.47 Å². The highest BCUT2D eigenvalue weighted by Crippen LogP contribution is 2.29. The van der Waals surface area contributed by atoms with Gasteiger partial charge in [0.2, 0.25) is 0 Å². The van der Waals surface area contributed by atoms with Crippen LogP contribution in [0, 0.1) is 11.3 Å². The number of amides is 1. The van der Waals surface area contributed by atoms with Crippen molar-refractivity contribution < 1.29 is 19.1 Å². The number of methoxy groups -OCH3 is 1. The molecule has 0 saturated carbocycles. The molecule has 1 N–H and O–H groups in total. The molecule has 0 aromatic heterocycles. The van der Waals surface area contributed by atoms with E-state index in [1.54, 1.807) is 42.5 Å². The van der Waals surface area contributed by atoms with Crippen LogP contribution >= 0.6 is 0 Å². The lowest BCUT2D eigenvalue weighted by Gasteiger charge is -2.10. The minimum Gasteiger partial charge on any atom is -0.493 e. The molecular formula is C21H20N2O4. The molecule has 27 heavy (non-hydrogen) atoms. The van der Waals surface area contributed by atoms with Crippen LogP contribution in [0.2, 0.25) is 0 Å². The van der Waals surface area contributed by atoms with Gasteiger partial charge in [-0.1, -0.05) is 18.2 Å². The molecule has 0 fully saturated rings. The number of rotatable bonds is 7. The Kier molecular flexibility index (Phi) is 6.73. The van der Waals surface area contributed by atoms with E-state index in [0.29, 0.717) is 34.9 Å². The standard InChI is InChI=1S/C21H20N2O4/c1-4-27-19-9-8-15(11-20(19)26-3)10-17(13-22)21(25)23-18-7-5-6-16(12-18)14(2)24/h5-12H,4H2,1-3H3,(H,23,25)/b17-10+. The average molecular weight is 364 g/mol. The Hall–Kier alpha value is -3.59. The normalized spacial score (nSPS) is 10.7. The number of carbonyl (C=O) groups is 2. The van der Waals surface area contributed by atoms with Crippen LogP contribution in [0.1, 0.15) is 29.8 Å². The number of ketones is 1. The zero-order chi connectivity index (χ0) is 19.8. The SMILES string of the molecule is CCOc1ccc(/C=C(\C#N)C(=O)Nc2cccc(C(C)=O)c2)cc1OC. The maximum atomic E-state index is 12.4. The topological polar surface area (TPSA) is 88.4 Å². The Balaban J connectivity index is 2.25. The fourth-order valence-electron chi connectivity index (χ4n) is 2.38. The number of Topliss-reactive ketones (excluding diaryl/α,β-unsaturated/α-hetero) is 1. The molecule has 1 amide bonds.